The maximum absolute atomic E-state index is 12.5. The van der Waals surface area contributed by atoms with Gasteiger partial charge in [0.1, 0.15) is 16.5 Å². The van der Waals surface area contributed by atoms with Gasteiger partial charge >= 0.3 is 10.1 Å². The number of hydrogen-bond acceptors (Lipinski definition) is 7. The minimum atomic E-state index is -4.26. The van der Waals surface area contributed by atoms with E-state index >= 15 is 0 Å². The fraction of sp³-hybridized carbons (Fsp3) is 0. The van der Waals surface area contributed by atoms with Gasteiger partial charge in [-0.3, -0.25) is 14.9 Å². The molecule has 0 saturated carbocycles. The molecule has 0 aliphatic rings. The summed E-state index contributed by atoms with van der Waals surface area (Å²) in [6, 6.07) is 17.3. The van der Waals surface area contributed by atoms with Crippen molar-refractivity contribution in [3.05, 3.63) is 96.9 Å². The molecule has 1 amide bonds. The first kappa shape index (κ1) is 25.1. The van der Waals surface area contributed by atoms with E-state index in [2.05, 4.69) is 37.2 Å². The van der Waals surface area contributed by atoms with Crippen molar-refractivity contribution in [3.63, 3.8) is 0 Å². The summed E-state index contributed by atoms with van der Waals surface area (Å²) in [5.41, 5.74) is 0.504. The lowest BCUT2D eigenvalue weighted by molar-refractivity contribution is -0.384. The van der Waals surface area contributed by atoms with E-state index in [9.17, 15) is 28.6 Å². The lowest BCUT2D eigenvalue weighted by atomic mass is 10.1. The number of hydrogen-bond donors (Lipinski definition) is 1. The lowest BCUT2D eigenvalue weighted by Gasteiger charge is -2.10. The van der Waals surface area contributed by atoms with Crippen molar-refractivity contribution in [1.82, 2.24) is 0 Å². The molecule has 0 spiro atoms. The Morgan fingerprint density at radius 3 is 2.32 bits per heavy atom. The molecule has 0 aliphatic heterocycles. The summed E-state index contributed by atoms with van der Waals surface area (Å²) in [4.78, 5) is 22.3. The summed E-state index contributed by atoms with van der Waals surface area (Å²) in [5.74, 6) is -0.668. The highest BCUT2D eigenvalue weighted by atomic mass is 79.9. The molecule has 0 radical (unpaired) electrons. The number of nitro benzene ring substituents is 1. The van der Waals surface area contributed by atoms with Crippen LogP contribution in [0.1, 0.15) is 5.56 Å². The van der Waals surface area contributed by atoms with Gasteiger partial charge < -0.3 is 9.50 Å². The van der Waals surface area contributed by atoms with E-state index in [1.807, 2.05) is 6.07 Å². The number of carbonyl (C=O) groups is 1. The molecule has 0 unspecified atom stereocenters. The Labute approximate surface area is 211 Å². The summed E-state index contributed by atoms with van der Waals surface area (Å²) in [6.07, 6.45) is 1.34. The van der Waals surface area contributed by atoms with Crippen molar-refractivity contribution in [3.8, 4) is 11.8 Å². The minimum Gasteiger partial charge on any atom is -0.378 e. The molecule has 172 valence electrons. The number of nitro groups is 1. The fourth-order valence-corrected chi connectivity index (χ4v) is 4.56. The van der Waals surface area contributed by atoms with Gasteiger partial charge in [0.05, 0.1) is 15.1 Å². The van der Waals surface area contributed by atoms with Crippen LogP contribution in [0.2, 0.25) is 0 Å². The van der Waals surface area contributed by atoms with Crippen molar-refractivity contribution in [2.45, 2.75) is 4.90 Å². The van der Waals surface area contributed by atoms with Crippen LogP contribution < -0.4 is 9.50 Å². The number of nitrogens with zero attached hydrogens (tertiary/aromatic N) is 2. The summed E-state index contributed by atoms with van der Waals surface area (Å²) >= 11 is 6.53. The number of anilines is 1. The Morgan fingerprint density at radius 1 is 1.06 bits per heavy atom. The SMILES string of the molecule is N#C/C(=C\c1ccc(OS(=O)(=O)c2ccc([N+](=O)[O-])cc2)c(Br)c1)C(=O)Nc1ccccc1Br. The Bertz CT molecular complexity index is 1450. The van der Waals surface area contributed by atoms with Crippen LogP contribution in [0, 0.1) is 21.4 Å². The van der Waals surface area contributed by atoms with Gasteiger partial charge in [-0.25, -0.2) is 0 Å². The largest absolute Gasteiger partial charge is 0.378 e. The van der Waals surface area contributed by atoms with E-state index in [1.54, 1.807) is 24.3 Å². The number of halogens is 2. The molecule has 34 heavy (non-hydrogen) atoms. The molecule has 0 bridgehead atoms. The molecule has 9 nitrogen and oxygen atoms in total. The van der Waals surface area contributed by atoms with Crippen LogP contribution in [0.5, 0.6) is 5.75 Å². The van der Waals surface area contributed by atoms with Crippen molar-refractivity contribution in [1.29, 1.82) is 5.26 Å². The number of nitriles is 1. The van der Waals surface area contributed by atoms with Crippen LogP contribution in [0.15, 0.2) is 86.1 Å². The molecule has 1 N–H and O–H groups in total. The van der Waals surface area contributed by atoms with Gasteiger partial charge in [-0.1, -0.05) is 18.2 Å². The first-order chi connectivity index (χ1) is 16.1. The number of carbonyl (C=O) groups excluding carboxylic acids is 1. The van der Waals surface area contributed by atoms with Gasteiger partial charge in [0, 0.05) is 16.6 Å². The molecule has 0 atom stereocenters. The highest BCUT2D eigenvalue weighted by Crippen LogP contribution is 2.30. The van der Waals surface area contributed by atoms with Gasteiger partial charge in [0.25, 0.3) is 11.6 Å². The Kier molecular flexibility index (Phi) is 7.83. The summed E-state index contributed by atoms with van der Waals surface area (Å²) < 4.78 is 31.0. The van der Waals surface area contributed by atoms with Gasteiger partial charge in [0.15, 0.2) is 5.75 Å². The van der Waals surface area contributed by atoms with E-state index in [4.69, 9.17) is 4.18 Å². The number of nitrogens with one attached hydrogen (secondary N) is 1. The normalized spacial score (nSPS) is 11.4. The summed E-state index contributed by atoms with van der Waals surface area (Å²) in [6.45, 7) is 0. The first-order valence-corrected chi connectivity index (χ1v) is 12.3. The number of non-ortho nitro benzene ring substituents is 1. The Morgan fingerprint density at radius 2 is 1.74 bits per heavy atom. The van der Waals surface area contributed by atoms with Crippen molar-refractivity contribution in [2.75, 3.05) is 5.32 Å². The van der Waals surface area contributed by atoms with Crippen molar-refractivity contribution < 1.29 is 22.3 Å². The zero-order valence-electron chi connectivity index (χ0n) is 16.9. The highest BCUT2D eigenvalue weighted by molar-refractivity contribution is 9.11. The second-order valence-electron chi connectivity index (χ2n) is 6.58. The maximum atomic E-state index is 12.5. The third kappa shape index (κ3) is 6.07. The number of para-hydroxylation sites is 1. The monoisotopic (exact) mass is 605 g/mol. The smallest absolute Gasteiger partial charge is 0.339 e. The van der Waals surface area contributed by atoms with Crippen LogP contribution in [-0.2, 0) is 14.9 Å². The average Bonchev–Trinajstić information content (AvgIpc) is 2.80. The number of amides is 1. The minimum absolute atomic E-state index is 0.0494. The molecule has 3 aromatic carbocycles. The first-order valence-electron chi connectivity index (χ1n) is 9.27. The van der Waals surface area contributed by atoms with Gasteiger partial charge in [-0.15, -0.1) is 0 Å². The Balaban J connectivity index is 1.80. The van der Waals surface area contributed by atoms with Gasteiger partial charge in [0.2, 0.25) is 0 Å². The molecular weight excluding hydrogens is 594 g/mol. The molecule has 3 rings (SSSR count). The van der Waals surface area contributed by atoms with Gasteiger partial charge in [-0.05, 0) is 79.9 Å². The molecule has 3 aromatic rings. The summed E-state index contributed by atoms with van der Waals surface area (Å²) in [5, 5.41) is 22.8. The topological polar surface area (TPSA) is 139 Å². The molecule has 0 heterocycles. The third-order valence-electron chi connectivity index (χ3n) is 4.29. The van der Waals surface area contributed by atoms with Crippen LogP contribution in [0.25, 0.3) is 6.08 Å². The van der Waals surface area contributed by atoms with Crippen LogP contribution in [0.3, 0.4) is 0 Å². The standard InChI is InChI=1S/C22H13Br2N3O6S/c23-18-3-1-2-4-20(18)26-22(28)15(13-25)11-14-5-10-21(19(24)12-14)33-34(31,32)17-8-6-16(7-9-17)27(29)30/h1-12H,(H,26,28)/b15-11+. The molecule has 0 aromatic heterocycles. The maximum Gasteiger partial charge on any atom is 0.339 e. The quantitative estimate of drug-likeness (QED) is 0.124. The molecule has 12 heteroatoms. The van der Waals surface area contributed by atoms with Crippen molar-refractivity contribution in [2.24, 2.45) is 0 Å². The van der Waals surface area contributed by atoms with Crippen LogP contribution in [0.4, 0.5) is 11.4 Å². The highest BCUT2D eigenvalue weighted by Gasteiger charge is 2.20. The summed E-state index contributed by atoms with van der Waals surface area (Å²) in [7, 11) is -4.26. The second kappa shape index (κ2) is 10.6. The lowest BCUT2D eigenvalue weighted by Crippen LogP contribution is -2.13. The average molecular weight is 607 g/mol. The van der Waals surface area contributed by atoms with E-state index in [0.717, 1.165) is 24.3 Å². The predicted octanol–water partition coefficient (Wildman–Crippen LogP) is 5.43. The van der Waals surface area contributed by atoms with E-state index in [1.165, 1.54) is 24.3 Å². The molecule has 0 fully saturated rings. The zero-order chi connectivity index (χ0) is 24.9. The molecular formula is C22H13Br2N3O6S. The van der Waals surface area contributed by atoms with E-state index < -0.39 is 20.9 Å². The zero-order valence-corrected chi connectivity index (χ0v) is 20.9. The van der Waals surface area contributed by atoms with Gasteiger partial charge in [-0.2, -0.15) is 13.7 Å². The second-order valence-corrected chi connectivity index (χ2v) is 9.84. The third-order valence-corrected chi connectivity index (χ3v) is 6.85. The van der Waals surface area contributed by atoms with Crippen molar-refractivity contribution >= 4 is 65.3 Å². The van der Waals surface area contributed by atoms with E-state index in [-0.39, 0.29) is 26.4 Å². The van der Waals surface area contributed by atoms with Crippen LogP contribution >= 0.6 is 31.9 Å². The van der Waals surface area contributed by atoms with Crippen LogP contribution in [-0.4, -0.2) is 19.2 Å². The number of benzene rings is 3. The fourth-order valence-electron chi connectivity index (χ4n) is 2.64. The Hall–Kier alpha value is -3.53. The molecule has 0 saturated heterocycles. The number of rotatable bonds is 7. The predicted molar refractivity (Wildman–Crippen MR) is 131 cm³/mol. The van der Waals surface area contributed by atoms with E-state index in [0.29, 0.717) is 15.7 Å². The molecule has 0 aliphatic carbocycles.